The average Bonchev–Trinajstić information content (AvgIpc) is 2.89. The molecule has 1 amide bonds. The maximum absolute atomic E-state index is 12.4. The molecule has 9 heteroatoms. The number of pyridine rings is 1. The van der Waals surface area contributed by atoms with Gasteiger partial charge in [0, 0.05) is 19.1 Å². The van der Waals surface area contributed by atoms with Gasteiger partial charge in [0.2, 0.25) is 5.91 Å². The van der Waals surface area contributed by atoms with Crippen LogP contribution in [-0.2, 0) is 22.6 Å². The molecule has 1 fully saturated rings. The third-order valence-electron chi connectivity index (χ3n) is 4.76. The molecule has 0 spiro atoms. The molecule has 0 saturated carbocycles. The summed E-state index contributed by atoms with van der Waals surface area (Å²) in [6.07, 6.45) is 1.54. The van der Waals surface area contributed by atoms with Crippen molar-refractivity contribution in [2.24, 2.45) is 0 Å². The van der Waals surface area contributed by atoms with E-state index in [1.165, 1.54) is 0 Å². The highest BCUT2D eigenvalue weighted by atomic mass is 35.5. The number of anilines is 1. The highest BCUT2D eigenvalue weighted by molar-refractivity contribution is 6.33. The number of hydrogen-bond acceptors (Lipinski definition) is 6. The number of nitrogens with one attached hydrogen (secondary N) is 1. The monoisotopic (exact) mass is 364 g/mol. The summed E-state index contributed by atoms with van der Waals surface area (Å²) in [5, 5.41) is 3.67. The minimum absolute atomic E-state index is 0.0883. The molecule has 25 heavy (non-hydrogen) atoms. The smallest absolute Gasteiger partial charge is 0.225 e. The van der Waals surface area contributed by atoms with Crippen molar-refractivity contribution in [2.75, 3.05) is 32.0 Å². The molecule has 4 rings (SSSR count). The van der Waals surface area contributed by atoms with E-state index in [0.717, 1.165) is 24.4 Å². The molecule has 0 aliphatic carbocycles. The zero-order valence-electron chi connectivity index (χ0n) is 13.9. The average molecular weight is 365 g/mol. The van der Waals surface area contributed by atoms with E-state index in [4.69, 9.17) is 22.1 Å². The molecule has 1 saturated heterocycles. The fourth-order valence-corrected chi connectivity index (χ4v) is 3.30. The number of carbonyl (C=O) groups excluding carboxylic acids is 1. The van der Waals surface area contributed by atoms with E-state index >= 15 is 0 Å². The first-order chi connectivity index (χ1) is 12.1. The second-order valence-corrected chi connectivity index (χ2v) is 6.86. The predicted molar refractivity (Wildman–Crippen MR) is 94.2 cm³/mol. The van der Waals surface area contributed by atoms with Crippen LogP contribution in [0.15, 0.2) is 6.07 Å². The Morgan fingerprint density at radius 2 is 2.28 bits per heavy atom. The van der Waals surface area contributed by atoms with Gasteiger partial charge in [-0.25, -0.2) is 9.97 Å². The number of ether oxygens (including phenoxy) is 1. The summed E-state index contributed by atoms with van der Waals surface area (Å²) < 4.78 is 7.58. The molecule has 1 atom stereocenters. The highest BCUT2D eigenvalue weighted by Gasteiger charge is 2.24. The SMILES string of the molecule is Nc1nc2c(cc1Cl)nc1n2CCN(C(=O)CCOCC2CCN2)C1. The van der Waals surface area contributed by atoms with Gasteiger partial charge in [-0.1, -0.05) is 11.6 Å². The van der Waals surface area contributed by atoms with Gasteiger partial charge in [0.1, 0.15) is 17.2 Å². The van der Waals surface area contributed by atoms with Crippen molar-refractivity contribution in [2.45, 2.75) is 32.0 Å². The van der Waals surface area contributed by atoms with Gasteiger partial charge in [0.05, 0.1) is 31.2 Å². The maximum Gasteiger partial charge on any atom is 0.225 e. The van der Waals surface area contributed by atoms with Crippen LogP contribution < -0.4 is 11.1 Å². The van der Waals surface area contributed by atoms with Crippen LogP contribution in [0.25, 0.3) is 11.2 Å². The molecule has 0 aromatic carbocycles. The topological polar surface area (TPSA) is 98.3 Å². The lowest BCUT2D eigenvalue weighted by Crippen LogP contribution is -2.46. The summed E-state index contributed by atoms with van der Waals surface area (Å²) >= 11 is 6.02. The summed E-state index contributed by atoms with van der Waals surface area (Å²) in [4.78, 5) is 23.1. The van der Waals surface area contributed by atoms with Crippen LogP contribution >= 0.6 is 11.6 Å². The van der Waals surface area contributed by atoms with Gasteiger partial charge in [-0.15, -0.1) is 0 Å². The second kappa shape index (κ2) is 6.78. The Balaban J connectivity index is 1.37. The first-order valence-electron chi connectivity index (χ1n) is 8.52. The highest BCUT2D eigenvalue weighted by Crippen LogP contribution is 2.25. The third kappa shape index (κ3) is 3.29. The lowest BCUT2D eigenvalue weighted by atomic mass is 10.1. The number of nitrogens with two attached hydrogens (primary N) is 1. The number of halogens is 1. The Hall–Kier alpha value is -1.90. The summed E-state index contributed by atoms with van der Waals surface area (Å²) in [5.74, 6) is 1.20. The standard InChI is InChI=1S/C16H21ClN6O2/c17-11-7-12-16(21-15(11)18)23-5-4-22(8-13(23)20-12)14(24)2-6-25-9-10-1-3-19-10/h7,10,19H,1-6,8-9H2,(H2,18,21). The van der Waals surface area contributed by atoms with E-state index < -0.39 is 0 Å². The maximum atomic E-state index is 12.4. The molecule has 8 nitrogen and oxygen atoms in total. The molecule has 0 radical (unpaired) electrons. The third-order valence-corrected chi connectivity index (χ3v) is 5.07. The Morgan fingerprint density at radius 1 is 1.44 bits per heavy atom. The normalized spacial score (nSPS) is 19.7. The second-order valence-electron chi connectivity index (χ2n) is 6.46. The van der Waals surface area contributed by atoms with Crippen molar-refractivity contribution in [3.8, 4) is 0 Å². The molecule has 2 aliphatic heterocycles. The number of aromatic nitrogens is 3. The van der Waals surface area contributed by atoms with Crippen molar-refractivity contribution < 1.29 is 9.53 Å². The van der Waals surface area contributed by atoms with Gasteiger partial charge < -0.3 is 25.3 Å². The summed E-state index contributed by atoms with van der Waals surface area (Å²) in [6.45, 7) is 3.95. The van der Waals surface area contributed by atoms with E-state index in [1.54, 1.807) is 6.07 Å². The number of carbonyl (C=O) groups is 1. The fraction of sp³-hybridized carbons (Fsp3) is 0.562. The van der Waals surface area contributed by atoms with Gasteiger partial charge in [-0.05, 0) is 19.0 Å². The molecule has 0 bridgehead atoms. The lowest BCUT2D eigenvalue weighted by Gasteiger charge is -2.29. The molecule has 2 aliphatic rings. The molecule has 134 valence electrons. The number of nitrogen functional groups attached to an aromatic ring is 1. The number of nitrogens with zero attached hydrogens (tertiary/aromatic N) is 4. The van der Waals surface area contributed by atoms with Gasteiger partial charge in [0.25, 0.3) is 0 Å². The van der Waals surface area contributed by atoms with Gasteiger partial charge in [0.15, 0.2) is 5.65 Å². The Morgan fingerprint density at radius 3 is 3.04 bits per heavy atom. The minimum atomic E-state index is 0.0883. The first kappa shape index (κ1) is 16.6. The van der Waals surface area contributed by atoms with Gasteiger partial charge in [-0.3, -0.25) is 4.79 Å². The van der Waals surface area contributed by atoms with Crippen LogP contribution in [0.4, 0.5) is 5.82 Å². The van der Waals surface area contributed by atoms with Crippen LogP contribution in [0.3, 0.4) is 0 Å². The van der Waals surface area contributed by atoms with Gasteiger partial charge in [-0.2, -0.15) is 0 Å². The lowest BCUT2D eigenvalue weighted by molar-refractivity contribution is -0.134. The van der Waals surface area contributed by atoms with Crippen molar-refractivity contribution in [1.82, 2.24) is 24.8 Å². The summed E-state index contributed by atoms with van der Waals surface area (Å²) in [5.41, 5.74) is 7.22. The van der Waals surface area contributed by atoms with Crippen molar-refractivity contribution in [3.63, 3.8) is 0 Å². The molecule has 1 unspecified atom stereocenters. The van der Waals surface area contributed by atoms with E-state index in [2.05, 4.69) is 15.3 Å². The van der Waals surface area contributed by atoms with Crippen LogP contribution in [0.5, 0.6) is 0 Å². The Bertz CT molecular complexity index is 804. The Labute approximate surface area is 150 Å². The van der Waals surface area contributed by atoms with Crippen LogP contribution in [0, 0.1) is 0 Å². The number of amides is 1. The van der Waals surface area contributed by atoms with Crippen LogP contribution in [-0.4, -0.2) is 57.7 Å². The number of fused-ring (bicyclic) bond motifs is 3. The largest absolute Gasteiger partial charge is 0.382 e. The minimum Gasteiger partial charge on any atom is -0.382 e. The zero-order chi connectivity index (χ0) is 17.4. The van der Waals surface area contributed by atoms with Gasteiger partial charge >= 0.3 is 0 Å². The van der Waals surface area contributed by atoms with E-state index in [9.17, 15) is 4.79 Å². The number of hydrogen-bond donors (Lipinski definition) is 2. The van der Waals surface area contributed by atoms with Crippen molar-refractivity contribution in [1.29, 1.82) is 0 Å². The molecule has 2 aromatic rings. The fourth-order valence-electron chi connectivity index (χ4n) is 3.16. The predicted octanol–water partition coefficient (Wildman–Crippen LogP) is 0.778. The van der Waals surface area contributed by atoms with Crippen molar-refractivity contribution in [3.05, 3.63) is 16.9 Å². The van der Waals surface area contributed by atoms with Crippen LogP contribution in [0.2, 0.25) is 5.02 Å². The summed E-state index contributed by atoms with van der Waals surface area (Å²) in [7, 11) is 0. The van der Waals surface area contributed by atoms with E-state index in [0.29, 0.717) is 61.7 Å². The molecule has 3 N–H and O–H groups in total. The van der Waals surface area contributed by atoms with E-state index in [-0.39, 0.29) is 5.91 Å². The molecular formula is C16H21ClN6O2. The molecule has 4 heterocycles. The molecular weight excluding hydrogens is 344 g/mol. The van der Waals surface area contributed by atoms with Crippen molar-refractivity contribution >= 4 is 34.5 Å². The number of rotatable bonds is 5. The number of imidazole rings is 1. The molecule has 2 aromatic heterocycles. The summed E-state index contributed by atoms with van der Waals surface area (Å²) in [6, 6.07) is 2.18. The first-order valence-corrected chi connectivity index (χ1v) is 8.89. The van der Waals surface area contributed by atoms with Crippen LogP contribution in [0.1, 0.15) is 18.7 Å². The zero-order valence-corrected chi connectivity index (χ0v) is 14.6. The quantitative estimate of drug-likeness (QED) is 0.761. The van der Waals surface area contributed by atoms with E-state index in [1.807, 2.05) is 9.47 Å². The Kier molecular flexibility index (Phi) is 4.49.